The van der Waals surface area contributed by atoms with E-state index in [-0.39, 0.29) is 0 Å². The van der Waals surface area contributed by atoms with E-state index in [4.69, 9.17) is 4.74 Å². The Morgan fingerprint density at radius 3 is 2.28 bits per heavy atom. The van der Waals surface area contributed by atoms with Gasteiger partial charge in [0.15, 0.2) is 0 Å². The van der Waals surface area contributed by atoms with Crippen LogP contribution in [0.1, 0.15) is 39.2 Å². The van der Waals surface area contributed by atoms with Crippen LogP contribution in [0.15, 0.2) is 24.3 Å². The predicted molar refractivity (Wildman–Crippen MR) is 77.8 cm³/mol. The van der Waals surface area contributed by atoms with Gasteiger partial charge in [-0.3, -0.25) is 0 Å². The Hall–Kier alpha value is -1.06. The first-order chi connectivity index (χ1) is 8.88. The molecule has 3 nitrogen and oxygen atoms in total. The molecule has 1 aliphatic heterocycles. The van der Waals surface area contributed by atoms with Gasteiger partial charge in [0.1, 0.15) is 0 Å². The lowest BCUT2D eigenvalue weighted by Crippen LogP contribution is -2.38. The summed E-state index contributed by atoms with van der Waals surface area (Å²) in [5, 5.41) is 0. The van der Waals surface area contributed by atoms with Crippen LogP contribution in [0, 0.1) is 0 Å². The molecule has 3 heteroatoms. The van der Waals surface area contributed by atoms with Crippen molar-refractivity contribution in [1.29, 1.82) is 0 Å². The van der Waals surface area contributed by atoms with E-state index in [0.717, 1.165) is 38.2 Å². The molecule has 18 heavy (non-hydrogen) atoms. The van der Waals surface area contributed by atoms with Gasteiger partial charge in [0.25, 0.3) is 0 Å². The van der Waals surface area contributed by atoms with E-state index in [1.165, 1.54) is 5.56 Å². The van der Waals surface area contributed by atoms with Gasteiger partial charge in [0.2, 0.25) is 0 Å². The highest BCUT2D eigenvalue weighted by Gasteiger charge is 2.12. The van der Waals surface area contributed by atoms with E-state index in [2.05, 4.69) is 42.0 Å². The van der Waals surface area contributed by atoms with Gasteiger partial charge in [-0.15, -0.1) is 0 Å². The molecule has 0 radical (unpaired) electrons. The molecule has 0 spiro atoms. The fourth-order valence-corrected chi connectivity index (χ4v) is 1.85. The van der Waals surface area contributed by atoms with Crippen molar-refractivity contribution < 1.29 is 4.74 Å². The zero-order chi connectivity index (χ0) is 13.2. The molecule has 0 amide bonds. The average Bonchev–Trinajstić information content (AvgIpc) is 2.49. The van der Waals surface area contributed by atoms with Crippen LogP contribution in [-0.4, -0.2) is 19.3 Å². The highest BCUT2D eigenvalue weighted by Crippen LogP contribution is 2.10. The Kier molecular flexibility index (Phi) is 7.46. The molecule has 1 aliphatic rings. The van der Waals surface area contributed by atoms with Crippen molar-refractivity contribution in [3.05, 3.63) is 29.8 Å². The first kappa shape index (κ1) is 15.0. The Balaban J connectivity index is 0.000000771. The Morgan fingerprint density at radius 2 is 1.72 bits per heavy atom. The molecule has 1 saturated heterocycles. The van der Waals surface area contributed by atoms with Gasteiger partial charge in [-0.05, 0) is 37.0 Å². The quantitative estimate of drug-likeness (QED) is 0.804. The second-order valence-electron chi connectivity index (χ2n) is 4.21. The maximum Gasteiger partial charge on any atom is 0.0487 e. The fourth-order valence-electron chi connectivity index (χ4n) is 1.85. The minimum atomic E-state index is 0.527. The normalized spacial score (nSPS) is 15.7. The first-order valence-electron chi connectivity index (χ1n) is 7.06. The molecule has 0 bridgehead atoms. The van der Waals surface area contributed by atoms with Gasteiger partial charge < -0.3 is 10.2 Å². The lowest BCUT2D eigenvalue weighted by atomic mass is 10.1. The second-order valence-corrected chi connectivity index (χ2v) is 4.21. The number of hydrogen-bond acceptors (Lipinski definition) is 3. The zero-order valence-electron chi connectivity index (χ0n) is 11.8. The van der Waals surface area contributed by atoms with E-state index in [0.29, 0.717) is 6.04 Å². The molecule has 0 aromatic heterocycles. The number of nitrogens with one attached hydrogen (secondary N) is 2. The first-order valence-corrected chi connectivity index (χ1v) is 7.06. The zero-order valence-corrected chi connectivity index (χ0v) is 11.8. The molecule has 0 atom stereocenters. The molecule has 1 fully saturated rings. The monoisotopic (exact) mass is 250 g/mol. The highest BCUT2D eigenvalue weighted by molar-refractivity contribution is 5.43. The van der Waals surface area contributed by atoms with Crippen molar-refractivity contribution in [3.8, 4) is 0 Å². The van der Waals surface area contributed by atoms with Gasteiger partial charge in [-0.25, -0.2) is 5.43 Å². The Bertz CT molecular complexity index is 305. The number of ether oxygens (including phenoxy) is 1. The van der Waals surface area contributed by atoms with Crippen molar-refractivity contribution in [2.24, 2.45) is 0 Å². The number of benzene rings is 1. The van der Waals surface area contributed by atoms with Crippen LogP contribution in [0.5, 0.6) is 0 Å². The molecular weight excluding hydrogens is 224 g/mol. The van der Waals surface area contributed by atoms with Crippen LogP contribution in [0.3, 0.4) is 0 Å². The number of anilines is 1. The molecule has 1 heterocycles. The third-order valence-electron chi connectivity index (χ3n) is 3.00. The highest BCUT2D eigenvalue weighted by atomic mass is 16.5. The Morgan fingerprint density at radius 1 is 1.11 bits per heavy atom. The van der Waals surface area contributed by atoms with E-state index < -0.39 is 0 Å². The van der Waals surface area contributed by atoms with Crippen molar-refractivity contribution in [1.82, 2.24) is 5.43 Å². The lowest BCUT2D eigenvalue weighted by Gasteiger charge is -2.23. The van der Waals surface area contributed by atoms with E-state index in [1.54, 1.807) is 0 Å². The smallest absolute Gasteiger partial charge is 0.0487 e. The molecular formula is C15H26N2O. The minimum absolute atomic E-state index is 0.527. The van der Waals surface area contributed by atoms with Crippen molar-refractivity contribution in [3.63, 3.8) is 0 Å². The summed E-state index contributed by atoms with van der Waals surface area (Å²) in [6, 6.07) is 9.08. The average molecular weight is 250 g/mol. The molecule has 1 aromatic carbocycles. The fraction of sp³-hybridized carbons (Fsp3) is 0.600. The minimum Gasteiger partial charge on any atom is -0.381 e. The number of hydrazine groups is 1. The summed E-state index contributed by atoms with van der Waals surface area (Å²) >= 11 is 0. The van der Waals surface area contributed by atoms with Crippen molar-refractivity contribution in [2.75, 3.05) is 18.6 Å². The predicted octanol–water partition coefficient (Wildman–Crippen LogP) is 3.37. The summed E-state index contributed by atoms with van der Waals surface area (Å²) in [5.74, 6) is 0. The number of hydrogen-bond donors (Lipinski definition) is 2. The maximum atomic E-state index is 5.31. The topological polar surface area (TPSA) is 33.3 Å². The molecule has 2 rings (SSSR count). The van der Waals surface area contributed by atoms with E-state index in [1.807, 2.05) is 13.8 Å². The van der Waals surface area contributed by atoms with Gasteiger partial charge in [-0.2, -0.15) is 0 Å². The summed E-state index contributed by atoms with van der Waals surface area (Å²) in [6.45, 7) is 7.91. The largest absolute Gasteiger partial charge is 0.381 e. The molecule has 1 aromatic rings. The molecule has 0 saturated carbocycles. The number of aryl methyl sites for hydroxylation is 1. The lowest BCUT2D eigenvalue weighted by molar-refractivity contribution is 0.0798. The van der Waals surface area contributed by atoms with Gasteiger partial charge in [-0.1, -0.05) is 32.9 Å². The summed E-state index contributed by atoms with van der Waals surface area (Å²) in [6.07, 6.45) is 3.26. The van der Waals surface area contributed by atoms with Gasteiger partial charge >= 0.3 is 0 Å². The van der Waals surface area contributed by atoms with Crippen LogP contribution < -0.4 is 10.9 Å². The van der Waals surface area contributed by atoms with Gasteiger partial charge in [0, 0.05) is 24.9 Å². The third kappa shape index (κ3) is 5.07. The summed E-state index contributed by atoms with van der Waals surface area (Å²) in [7, 11) is 0. The standard InChI is InChI=1S/C13H20N2O.C2H6/c1-2-11-3-5-12(6-4-11)14-15-13-7-9-16-10-8-13;1-2/h3-6,13-15H,2,7-10H2,1H3;1-2H3. The summed E-state index contributed by atoms with van der Waals surface area (Å²) in [4.78, 5) is 0. The summed E-state index contributed by atoms with van der Waals surface area (Å²) in [5.41, 5.74) is 9.11. The van der Waals surface area contributed by atoms with Crippen LogP contribution >= 0.6 is 0 Å². The molecule has 0 aliphatic carbocycles. The van der Waals surface area contributed by atoms with Crippen LogP contribution in [0.2, 0.25) is 0 Å². The number of rotatable bonds is 4. The van der Waals surface area contributed by atoms with Crippen molar-refractivity contribution >= 4 is 5.69 Å². The van der Waals surface area contributed by atoms with E-state index >= 15 is 0 Å². The van der Waals surface area contributed by atoms with Crippen molar-refractivity contribution in [2.45, 2.75) is 46.1 Å². The van der Waals surface area contributed by atoms with Crippen LogP contribution in [0.4, 0.5) is 5.69 Å². The summed E-state index contributed by atoms with van der Waals surface area (Å²) < 4.78 is 5.31. The SMILES string of the molecule is CC.CCc1ccc(NNC2CCOCC2)cc1. The third-order valence-corrected chi connectivity index (χ3v) is 3.00. The van der Waals surface area contributed by atoms with E-state index in [9.17, 15) is 0 Å². The molecule has 0 unspecified atom stereocenters. The second kappa shape index (κ2) is 8.95. The van der Waals surface area contributed by atoms with Crippen LogP contribution in [0.25, 0.3) is 0 Å². The Labute approximate surface area is 111 Å². The maximum absolute atomic E-state index is 5.31. The molecule has 102 valence electrons. The molecule has 2 N–H and O–H groups in total. The van der Waals surface area contributed by atoms with Gasteiger partial charge in [0.05, 0.1) is 0 Å². The van der Waals surface area contributed by atoms with Crippen LogP contribution in [-0.2, 0) is 11.2 Å².